The molecule has 0 atom stereocenters. The molecule has 0 aromatic heterocycles. The lowest BCUT2D eigenvalue weighted by molar-refractivity contribution is 0.0694. The van der Waals surface area contributed by atoms with Crippen molar-refractivity contribution >= 4 is 16.7 Å². The lowest BCUT2D eigenvalue weighted by Crippen LogP contribution is -1.97. The minimum absolute atomic E-state index is 0.0874. The molecule has 0 heterocycles. The van der Waals surface area contributed by atoms with Gasteiger partial charge in [-0.15, -0.1) is 0 Å². The Labute approximate surface area is 115 Å². The van der Waals surface area contributed by atoms with E-state index in [2.05, 4.69) is 0 Å². The summed E-state index contributed by atoms with van der Waals surface area (Å²) in [5.74, 6) is -1.35. The van der Waals surface area contributed by atoms with Crippen molar-refractivity contribution in [3.05, 3.63) is 66.2 Å². The first-order valence-electron chi connectivity index (χ1n) is 6.20. The van der Waals surface area contributed by atoms with Crippen LogP contribution in [0.3, 0.4) is 0 Å². The Balaban J connectivity index is 2.15. The molecule has 3 nitrogen and oxygen atoms in total. The average molecular weight is 264 g/mol. The summed E-state index contributed by atoms with van der Waals surface area (Å²) in [6.07, 6.45) is 0. The van der Waals surface area contributed by atoms with E-state index in [0.29, 0.717) is 0 Å². The Morgan fingerprint density at radius 3 is 2.20 bits per heavy atom. The monoisotopic (exact) mass is 264 g/mol. The van der Waals surface area contributed by atoms with Gasteiger partial charge in [0.25, 0.3) is 0 Å². The van der Waals surface area contributed by atoms with Crippen molar-refractivity contribution in [2.45, 2.75) is 0 Å². The molecule has 0 unspecified atom stereocenters. The van der Waals surface area contributed by atoms with Crippen molar-refractivity contribution in [2.75, 3.05) is 0 Å². The number of hydrogen-bond donors (Lipinski definition) is 2. The molecule has 3 aromatic carbocycles. The van der Waals surface area contributed by atoms with Gasteiger partial charge < -0.3 is 10.2 Å². The SMILES string of the molecule is O=C(O)c1cc(-c2ccc3ccccc3c2)ccc1O. The summed E-state index contributed by atoms with van der Waals surface area (Å²) >= 11 is 0. The lowest BCUT2D eigenvalue weighted by atomic mass is 9.99. The van der Waals surface area contributed by atoms with Crippen LogP contribution < -0.4 is 0 Å². The number of aromatic carboxylic acids is 1. The molecule has 3 aromatic rings. The van der Waals surface area contributed by atoms with Crippen LogP contribution in [0.2, 0.25) is 0 Å². The molecule has 0 saturated heterocycles. The van der Waals surface area contributed by atoms with Crippen molar-refractivity contribution in [1.29, 1.82) is 0 Å². The van der Waals surface area contributed by atoms with E-state index < -0.39 is 5.97 Å². The third-order valence-corrected chi connectivity index (χ3v) is 3.31. The van der Waals surface area contributed by atoms with E-state index in [-0.39, 0.29) is 11.3 Å². The highest BCUT2D eigenvalue weighted by Gasteiger charge is 2.11. The van der Waals surface area contributed by atoms with E-state index in [9.17, 15) is 9.90 Å². The fourth-order valence-electron chi connectivity index (χ4n) is 2.26. The van der Waals surface area contributed by atoms with Crippen molar-refractivity contribution in [1.82, 2.24) is 0 Å². The number of aromatic hydroxyl groups is 1. The first kappa shape index (κ1) is 12.2. The molecule has 0 spiro atoms. The van der Waals surface area contributed by atoms with Crippen LogP contribution in [0, 0.1) is 0 Å². The first-order valence-corrected chi connectivity index (χ1v) is 6.20. The van der Waals surface area contributed by atoms with E-state index in [1.54, 1.807) is 6.07 Å². The topological polar surface area (TPSA) is 57.5 Å². The molecule has 0 amide bonds. The van der Waals surface area contributed by atoms with Crippen LogP contribution >= 0.6 is 0 Å². The zero-order valence-corrected chi connectivity index (χ0v) is 10.6. The Morgan fingerprint density at radius 1 is 0.800 bits per heavy atom. The highest BCUT2D eigenvalue weighted by Crippen LogP contribution is 2.28. The molecule has 0 bridgehead atoms. The predicted octanol–water partition coefficient (Wildman–Crippen LogP) is 3.91. The van der Waals surface area contributed by atoms with Crippen LogP contribution in [0.1, 0.15) is 10.4 Å². The van der Waals surface area contributed by atoms with Crippen LogP contribution in [-0.4, -0.2) is 16.2 Å². The zero-order chi connectivity index (χ0) is 14.1. The third-order valence-electron chi connectivity index (χ3n) is 3.31. The Morgan fingerprint density at radius 2 is 1.45 bits per heavy atom. The largest absolute Gasteiger partial charge is 0.507 e. The lowest BCUT2D eigenvalue weighted by Gasteiger charge is -2.06. The van der Waals surface area contributed by atoms with Crippen LogP contribution in [-0.2, 0) is 0 Å². The van der Waals surface area contributed by atoms with Gasteiger partial charge in [0.2, 0.25) is 0 Å². The number of carbonyl (C=O) groups is 1. The number of fused-ring (bicyclic) bond motifs is 1. The second kappa shape index (κ2) is 4.70. The van der Waals surface area contributed by atoms with Gasteiger partial charge >= 0.3 is 5.97 Å². The average Bonchev–Trinajstić information content (AvgIpc) is 2.47. The second-order valence-electron chi connectivity index (χ2n) is 4.60. The molecule has 0 saturated carbocycles. The third kappa shape index (κ3) is 2.10. The second-order valence-corrected chi connectivity index (χ2v) is 4.60. The summed E-state index contributed by atoms with van der Waals surface area (Å²) in [6.45, 7) is 0. The Kier molecular flexibility index (Phi) is 2.88. The number of carboxylic acid groups (broad SMARTS) is 1. The zero-order valence-electron chi connectivity index (χ0n) is 10.6. The van der Waals surface area contributed by atoms with Crippen molar-refractivity contribution in [2.24, 2.45) is 0 Å². The van der Waals surface area contributed by atoms with Crippen LogP contribution in [0.4, 0.5) is 0 Å². The van der Waals surface area contributed by atoms with Crippen LogP contribution in [0.15, 0.2) is 60.7 Å². The maximum absolute atomic E-state index is 11.1. The number of phenols is 1. The van der Waals surface area contributed by atoms with E-state index in [1.165, 1.54) is 12.1 Å². The molecule has 0 aliphatic rings. The van der Waals surface area contributed by atoms with Crippen LogP contribution in [0.5, 0.6) is 5.75 Å². The van der Waals surface area contributed by atoms with Crippen LogP contribution in [0.25, 0.3) is 21.9 Å². The molecular weight excluding hydrogens is 252 g/mol. The fourth-order valence-corrected chi connectivity index (χ4v) is 2.26. The summed E-state index contributed by atoms with van der Waals surface area (Å²) < 4.78 is 0. The standard InChI is InChI=1S/C17H12O3/c18-16-8-7-14(10-15(16)17(19)20)13-6-5-11-3-1-2-4-12(11)9-13/h1-10,18H,(H,19,20). The van der Waals surface area contributed by atoms with Crippen molar-refractivity contribution in [3.8, 4) is 16.9 Å². The predicted molar refractivity (Wildman–Crippen MR) is 78.0 cm³/mol. The highest BCUT2D eigenvalue weighted by molar-refractivity contribution is 5.93. The Hall–Kier alpha value is -2.81. The number of benzene rings is 3. The molecule has 0 fully saturated rings. The van der Waals surface area contributed by atoms with E-state index in [0.717, 1.165) is 21.9 Å². The molecule has 98 valence electrons. The number of rotatable bonds is 2. The van der Waals surface area contributed by atoms with Gasteiger partial charge in [-0.1, -0.05) is 42.5 Å². The minimum atomic E-state index is -1.13. The summed E-state index contributed by atoms with van der Waals surface area (Å²) in [4.78, 5) is 11.1. The van der Waals surface area contributed by atoms with Gasteiger partial charge in [0, 0.05) is 0 Å². The normalized spacial score (nSPS) is 10.6. The molecule has 3 heteroatoms. The maximum Gasteiger partial charge on any atom is 0.339 e. The molecular formula is C17H12O3. The fraction of sp³-hybridized carbons (Fsp3) is 0. The van der Waals surface area contributed by atoms with Gasteiger partial charge in [-0.25, -0.2) is 4.79 Å². The molecule has 20 heavy (non-hydrogen) atoms. The molecule has 0 radical (unpaired) electrons. The molecule has 0 aliphatic heterocycles. The smallest absolute Gasteiger partial charge is 0.339 e. The molecule has 2 N–H and O–H groups in total. The first-order chi connectivity index (χ1) is 9.65. The summed E-state index contributed by atoms with van der Waals surface area (Å²) in [7, 11) is 0. The summed E-state index contributed by atoms with van der Waals surface area (Å²) in [5, 5.41) is 20.8. The van der Waals surface area contributed by atoms with Crippen molar-refractivity contribution in [3.63, 3.8) is 0 Å². The summed E-state index contributed by atoms with van der Waals surface area (Å²) in [6, 6.07) is 18.5. The van der Waals surface area contributed by atoms with Gasteiger partial charge in [-0.05, 0) is 40.1 Å². The molecule has 0 aliphatic carbocycles. The number of hydrogen-bond acceptors (Lipinski definition) is 2. The van der Waals surface area contributed by atoms with Gasteiger partial charge in [0.15, 0.2) is 0 Å². The number of carboxylic acids is 1. The van der Waals surface area contributed by atoms with Gasteiger partial charge in [0.05, 0.1) is 0 Å². The van der Waals surface area contributed by atoms with E-state index in [1.807, 2.05) is 42.5 Å². The summed E-state index contributed by atoms with van der Waals surface area (Å²) in [5.41, 5.74) is 1.60. The van der Waals surface area contributed by atoms with E-state index in [4.69, 9.17) is 5.11 Å². The maximum atomic E-state index is 11.1. The van der Waals surface area contributed by atoms with Gasteiger partial charge in [0.1, 0.15) is 11.3 Å². The molecule has 3 rings (SSSR count). The highest BCUT2D eigenvalue weighted by atomic mass is 16.4. The quantitative estimate of drug-likeness (QED) is 0.737. The Bertz CT molecular complexity index is 806. The van der Waals surface area contributed by atoms with Crippen molar-refractivity contribution < 1.29 is 15.0 Å². The van der Waals surface area contributed by atoms with Gasteiger partial charge in [-0.2, -0.15) is 0 Å². The van der Waals surface area contributed by atoms with Gasteiger partial charge in [-0.3, -0.25) is 0 Å². The van der Waals surface area contributed by atoms with E-state index >= 15 is 0 Å². The minimum Gasteiger partial charge on any atom is -0.507 e.